The molecule has 42 valence electrons. The molecule has 0 spiro atoms. The van der Waals surface area contributed by atoms with Gasteiger partial charge >= 0.3 is 5.63 Å². The first-order chi connectivity index (χ1) is 3.89. The maximum absolute atomic E-state index is 9.87. The Kier molecular flexibility index (Phi) is 2.99. The molecule has 0 aromatic carbocycles. The minimum atomic E-state index is -0.338. The van der Waals surface area contributed by atoms with Crippen molar-refractivity contribution in [1.29, 1.82) is 5.26 Å². The highest BCUT2D eigenvalue weighted by Crippen LogP contribution is 1.60. The van der Waals surface area contributed by atoms with Crippen molar-refractivity contribution in [3.8, 4) is 6.57 Å². The summed E-state index contributed by atoms with van der Waals surface area (Å²) in [7, 11) is 0. The second-order valence-corrected chi connectivity index (χ2v) is 0.872. The van der Waals surface area contributed by atoms with Crippen molar-refractivity contribution in [2.45, 2.75) is 0 Å². The molecule has 1 N–H and O–H groups in total. The molecule has 0 aliphatic rings. The fourth-order valence-electron chi connectivity index (χ4n) is 0.228. The van der Waals surface area contributed by atoms with Crippen molar-refractivity contribution < 1.29 is 4.52 Å². The van der Waals surface area contributed by atoms with Crippen LogP contribution in [0.3, 0.4) is 0 Å². The van der Waals surface area contributed by atoms with E-state index >= 15 is 0 Å². The number of nitrogens with zero attached hydrogens (tertiary/aromatic N) is 1. The van der Waals surface area contributed by atoms with Gasteiger partial charge < -0.3 is 4.52 Å². The number of hydrogen-bond donors (Lipinski definition) is 1. The predicted molar refractivity (Wildman–Crippen MR) is 26.0 cm³/mol. The van der Waals surface area contributed by atoms with E-state index in [0.29, 0.717) is 0 Å². The molecule has 8 heavy (non-hydrogen) atoms. The molecule has 0 bridgehead atoms. The van der Waals surface area contributed by atoms with Crippen LogP contribution in [0.2, 0.25) is 0 Å². The fourth-order valence-corrected chi connectivity index (χ4v) is 0.228. The van der Waals surface area contributed by atoms with E-state index in [1.807, 2.05) is 0 Å². The summed E-state index contributed by atoms with van der Waals surface area (Å²) in [6, 6.07) is 1.31. The molecule has 1 aromatic rings. The molecule has 0 radical (unpaired) electrons. The molecular weight excluding hydrogens is 108 g/mol. The predicted octanol–water partition coefficient (Wildman–Crippen LogP) is 0.108. The third-order valence-electron chi connectivity index (χ3n) is 0.447. The Bertz CT molecular complexity index is 180. The molecule has 0 fully saturated rings. The van der Waals surface area contributed by atoms with E-state index in [1.165, 1.54) is 12.3 Å². The summed E-state index contributed by atoms with van der Waals surface area (Å²) in [5.41, 5.74) is -0.338. The monoisotopic (exact) mass is 112 g/mol. The zero-order valence-electron chi connectivity index (χ0n) is 4.00. The molecule has 0 aliphatic heterocycles. The Balaban J connectivity index is 0.000000222. The topological polar surface area (TPSA) is 69.8 Å². The molecule has 0 aliphatic carbocycles. The number of hydrogen-bond acceptors (Lipinski definition) is 3. The normalized spacial score (nSPS) is 6.75. The van der Waals surface area contributed by atoms with Crippen molar-refractivity contribution in [3.05, 3.63) is 22.7 Å². The van der Waals surface area contributed by atoms with Crippen LogP contribution in [0.15, 0.2) is 21.6 Å². The highest BCUT2D eigenvalue weighted by Gasteiger charge is 1.74. The van der Waals surface area contributed by atoms with Gasteiger partial charge in [-0.05, 0) is 0 Å². The van der Waals surface area contributed by atoms with Crippen LogP contribution >= 0.6 is 0 Å². The molecule has 1 rings (SSSR count). The van der Waals surface area contributed by atoms with Gasteiger partial charge in [-0.3, -0.25) is 0 Å². The summed E-state index contributed by atoms with van der Waals surface area (Å²) >= 11 is 0. The summed E-state index contributed by atoms with van der Waals surface area (Å²) in [6.07, 6.45) is 1.43. The Morgan fingerprint density at radius 3 is 2.50 bits per heavy atom. The summed E-state index contributed by atoms with van der Waals surface area (Å²) in [6.45, 7) is 3.50. The van der Waals surface area contributed by atoms with Crippen LogP contribution in [-0.2, 0) is 0 Å². The van der Waals surface area contributed by atoms with Gasteiger partial charge in [0.05, 0.1) is 0 Å². The standard InChI is InChI=1S/C3H3NO2.CHN/c5-3-1-2-4-6-3;1-2/h1-2,4H;1H. The zero-order valence-corrected chi connectivity index (χ0v) is 4.00. The van der Waals surface area contributed by atoms with Crippen LogP contribution in [0.5, 0.6) is 0 Å². The van der Waals surface area contributed by atoms with Crippen molar-refractivity contribution >= 4 is 0 Å². The van der Waals surface area contributed by atoms with Crippen LogP contribution in [0, 0.1) is 11.8 Å². The van der Waals surface area contributed by atoms with Gasteiger partial charge in [-0.1, -0.05) is 0 Å². The van der Waals surface area contributed by atoms with E-state index in [9.17, 15) is 4.79 Å². The SMILES string of the molecule is C#N.O=c1cc[nH]o1. The molecule has 0 saturated heterocycles. The number of aromatic nitrogens is 1. The van der Waals surface area contributed by atoms with Gasteiger partial charge in [-0.2, -0.15) is 0 Å². The quantitative estimate of drug-likeness (QED) is 0.517. The van der Waals surface area contributed by atoms with Gasteiger partial charge in [0.1, 0.15) is 0 Å². The Morgan fingerprint density at radius 2 is 2.38 bits per heavy atom. The van der Waals surface area contributed by atoms with Crippen molar-refractivity contribution in [1.82, 2.24) is 5.16 Å². The van der Waals surface area contributed by atoms with Gasteiger partial charge in [-0.15, -0.1) is 0 Å². The van der Waals surface area contributed by atoms with E-state index in [4.69, 9.17) is 5.26 Å². The molecule has 4 nitrogen and oxygen atoms in total. The van der Waals surface area contributed by atoms with E-state index in [-0.39, 0.29) is 5.63 Å². The van der Waals surface area contributed by atoms with E-state index in [2.05, 4.69) is 16.3 Å². The summed E-state index contributed by atoms with van der Waals surface area (Å²) in [5, 5.41) is 8.74. The van der Waals surface area contributed by atoms with Crippen molar-refractivity contribution in [2.24, 2.45) is 0 Å². The number of H-pyrrole nitrogens is 1. The van der Waals surface area contributed by atoms with Crippen molar-refractivity contribution in [2.75, 3.05) is 0 Å². The second-order valence-electron chi connectivity index (χ2n) is 0.872. The van der Waals surface area contributed by atoms with Gasteiger partial charge in [0.25, 0.3) is 0 Å². The van der Waals surface area contributed by atoms with E-state index in [1.54, 1.807) is 0 Å². The maximum Gasteiger partial charge on any atom is 0.357 e. The van der Waals surface area contributed by atoms with E-state index < -0.39 is 0 Å². The van der Waals surface area contributed by atoms with Crippen LogP contribution in [0.4, 0.5) is 0 Å². The minimum absolute atomic E-state index is 0.338. The van der Waals surface area contributed by atoms with Gasteiger partial charge in [0, 0.05) is 18.8 Å². The fraction of sp³-hybridized carbons (Fsp3) is 0. The Morgan fingerprint density at radius 1 is 1.75 bits per heavy atom. The van der Waals surface area contributed by atoms with Crippen molar-refractivity contribution in [3.63, 3.8) is 0 Å². The average Bonchev–Trinajstić information content (AvgIpc) is 2.24. The summed E-state index contributed by atoms with van der Waals surface area (Å²) in [5.74, 6) is 0. The molecule has 0 unspecified atom stereocenters. The Hall–Kier alpha value is -1.50. The van der Waals surface area contributed by atoms with Crippen LogP contribution in [0.25, 0.3) is 0 Å². The molecule has 1 heterocycles. The number of aromatic amines is 1. The lowest BCUT2D eigenvalue weighted by Crippen LogP contribution is -1.84. The first kappa shape index (κ1) is 6.50. The lowest BCUT2D eigenvalue weighted by Gasteiger charge is -1.54. The zero-order chi connectivity index (χ0) is 6.41. The number of rotatable bonds is 0. The molecule has 0 atom stereocenters. The maximum atomic E-state index is 9.87. The second kappa shape index (κ2) is 3.68. The largest absolute Gasteiger partial charge is 0.357 e. The van der Waals surface area contributed by atoms with Gasteiger partial charge in [0.15, 0.2) is 0 Å². The third-order valence-corrected chi connectivity index (χ3v) is 0.447. The molecule has 0 saturated carbocycles. The molecular formula is C4H4N2O2. The van der Waals surface area contributed by atoms with Crippen LogP contribution in [0.1, 0.15) is 0 Å². The average molecular weight is 112 g/mol. The lowest BCUT2D eigenvalue weighted by atomic mass is 10.8. The number of nitrogens with one attached hydrogen (secondary N) is 1. The third kappa shape index (κ3) is 1.82. The summed E-state index contributed by atoms with van der Waals surface area (Å²) < 4.78 is 4.15. The minimum Gasteiger partial charge on any atom is -0.339 e. The first-order valence-corrected chi connectivity index (χ1v) is 1.78. The lowest BCUT2D eigenvalue weighted by molar-refractivity contribution is 0.391. The Labute approximate surface area is 45.3 Å². The van der Waals surface area contributed by atoms with Gasteiger partial charge in [-0.25, -0.2) is 15.2 Å². The molecule has 0 amide bonds. The number of nitriles is 1. The van der Waals surface area contributed by atoms with Crippen LogP contribution < -0.4 is 5.63 Å². The highest BCUT2D eigenvalue weighted by atomic mass is 16.5. The van der Waals surface area contributed by atoms with Crippen LogP contribution in [-0.4, -0.2) is 5.16 Å². The first-order valence-electron chi connectivity index (χ1n) is 1.78. The summed E-state index contributed by atoms with van der Waals surface area (Å²) in [4.78, 5) is 9.87. The molecule has 4 heteroatoms. The molecule has 1 aromatic heterocycles. The highest BCUT2D eigenvalue weighted by molar-refractivity contribution is 4.70. The van der Waals surface area contributed by atoms with E-state index in [0.717, 1.165) is 0 Å². The smallest absolute Gasteiger partial charge is 0.339 e. The van der Waals surface area contributed by atoms with Gasteiger partial charge in [0.2, 0.25) is 0 Å².